The van der Waals surface area contributed by atoms with E-state index in [2.05, 4.69) is 18.7 Å². The van der Waals surface area contributed by atoms with Crippen LogP contribution in [0.1, 0.15) is 25.0 Å². The third-order valence-electron chi connectivity index (χ3n) is 3.16. The smallest absolute Gasteiger partial charge is 0.117 e. The Kier molecular flexibility index (Phi) is 9.92. The molecule has 4 heteroatoms. The lowest BCUT2D eigenvalue weighted by Crippen LogP contribution is -2.21. The first-order valence-electron chi connectivity index (χ1n) is 7.56. The summed E-state index contributed by atoms with van der Waals surface area (Å²) >= 11 is 0. The van der Waals surface area contributed by atoms with Crippen molar-refractivity contribution in [3.63, 3.8) is 0 Å². The third-order valence-corrected chi connectivity index (χ3v) is 3.16. The van der Waals surface area contributed by atoms with Gasteiger partial charge in [-0.25, -0.2) is 0 Å². The number of carbonyl (C=O) groups excluding carboxylic acids is 1. The Morgan fingerprint density at radius 2 is 1.39 bits per heavy atom. The summed E-state index contributed by atoms with van der Waals surface area (Å²) in [7, 11) is 0. The molecule has 0 aliphatic carbocycles. The Labute approximate surface area is 139 Å². The summed E-state index contributed by atoms with van der Waals surface area (Å²) in [5.41, 5.74) is 3.29. The Balaban J connectivity index is 0.000000392. The van der Waals surface area contributed by atoms with Gasteiger partial charge in [0.1, 0.15) is 18.3 Å². The van der Waals surface area contributed by atoms with Crippen molar-refractivity contribution in [1.29, 1.82) is 0 Å². The van der Waals surface area contributed by atoms with E-state index in [4.69, 9.17) is 9.90 Å². The zero-order valence-corrected chi connectivity index (χ0v) is 14.4. The first kappa shape index (κ1) is 20.5. The average Bonchev–Trinajstić information content (AvgIpc) is 2.50. The molecule has 0 heterocycles. The zero-order chi connectivity index (χ0) is 17.8. The van der Waals surface area contributed by atoms with Crippen molar-refractivity contribution < 1.29 is 15.0 Å². The van der Waals surface area contributed by atoms with E-state index in [1.165, 1.54) is 0 Å². The molecule has 126 valence electrons. The minimum atomic E-state index is 0.333. The van der Waals surface area contributed by atoms with Crippen molar-refractivity contribution >= 4 is 12.5 Å². The SMILES string of the molecule is C=O.CCN(CC)c1cccc(O)c1.Cc1cc(C)cc(O)c1. The molecule has 2 aromatic carbocycles. The lowest BCUT2D eigenvalue weighted by molar-refractivity contribution is -0.0979. The van der Waals surface area contributed by atoms with Gasteiger partial charge in [-0.05, 0) is 63.1 Å². The fraction of sp³-hybridized carbons (Fsp3) is 0.316. The molecule has 0 amide bonds. The predicted octanol–water partition coefficient (Wildman–Crippen LogP) is 4.06. The van der Waals surface area contributed by atoms with Gasteiger partial charge >= 0.3 is 0 Å². The van der Waals surface area contributed by atoms with E-state index in [9.17, 15) is 5.11 Å². The minimum Gasteiger partial charge on any atom is -0.508 e. The molecule has 0 aromatic heterocycles. The summed E-state index contributed by atoms with van der Waals surface area (Å²) in [5, 5.41) is 18.2. The van der Waals surface area contributed by atoms with Crippen molar-refractivity contribution in [3.05, 3.63) is 53.6 Å². The lowest BCUT2D eigenvalue weighted by Gasteiger charge is -2.20. The molecule has 0 saturated heterocycles. The van der Waals surface area contributed by atoms with E-state index in [-0.39, 0.29) is 0 Å². The summed E-state index contributed by atoms with van der Waals surface area (Å²) in [4.78, 5) is 10.2. The van der Waals surface area contributed by atoms with Crippen LogP contribution in [0.3, 0.4) is 0 Å². The van der Waals surface area contributed by atoms with Gasteiger partial charge in [-0.1, -0.05) is 12.1 Å². The molecular weight excluding hydrogens is 290 g/mol. The monoisotopic (exact) mass is 317 g/mol. The van der Waals surface area contributed by atoms with Crippen molar-refractivity contribution in [2.75, 3.05) is 18.0 Å². The van der Waals surface area contributed by atoms with Crippen molar-refractivity contribution in [1.82, 2.24) is 0 Å². The van der Waals surface area contributed by atoms with Crippen LogP contribution in [-0.4, -0.2) is 30.1 Å². The maximum absolute atomic E-state index is 9.23. The third kappa shape index (κ3) is 7.90. The van der Waals surface area contributed by atoms with Crippen LogP contribution in [0.5, 0.6) is 11.5 Å². The van der Waals surface area contributed by atoms with Gasteiger partial charge in [0.25, 0.3) is 0 Å². The van der Waals surface area contributed by atoms with E-state index in [0.717, 1.165) is 29.9 Å². The molecule has 0 bridgehead atoms. The highest BCUT2D eigenvalue weighted by Crippen LogP contribution is 2.19. The van der Waals surface area contributed by atoms with Crippen LogP contribution >= 0.6 is 0 Å². The van der Waals surface area contributed by atoms with Crippen LogP contribution in [0.2, 0.25) is 0 Å². The van der Waals surface area contributed by atoms with Crippen LogP contribution in [0.15, 0.2) is 42.5 Å². The van der Waals surface area contributed by atoms with E-state index >= 15 is 0 Å². The molecule has 0 radical (unpaired) electrons. The van der Waals surface area contributed by atoms with Crippen LogP contribution in [0, 0.1) is 13.8 Å². The van der Waals surface area contributed by atoms with Gasteiger partial charge in [-0.15, -0.1) is 0 Å². The molecule has 0 atom stereocenters. The van der Waals surface area contributed by atoms with Gasteiger partial charge in [0, 0.05) is 24.8 Å². The molecule has 0 unspecified atom stereocenters. The number of aryl methyl sites for hydroxylation is 2. The first-order chi connectivity index (χ1) is 11.0. The number of anilines is 1. The maximum atomic E-state index is 9.23. The van der Waals surface area contributed by atoms with Crippen LogP contribution in [0.25, 0.3) is 0 Å². The molecule has 4 nitrogen and oxygen atoms in total. The molecular formula is C19H27NO3. The summed E-state index contributed by atoms with van der Waals surface area (Å²) in [5.74, 6) is 0.687. The number of phenolic OH excluding ortho intramolecular Hbond substituents is 2. The van der Waals surface area contributed by atoms with Crippen molar-refractivity contribution in [2.45, 2.75) is 27.7 Å². The molecule has 0 saturated carbocycles. The molecule has 0 aliphatic rings. The summed E-state index contributed by atoms with van der Waals surface area (Å²) in [6, 6.07) is 12.9. The second kappa shape index (κ2) is 11.1. The second-order valence-electron chi connectivity index (χ2n) is 5.04. The summed E-state index contributed by atoms with van der Waals surface area (Å²) in [6.45, 7) is 12.1. The lowest BCUT2D eigenvalue weighted by atomic mass is 10.1. The number of nitrogens with zero attached hydrogens (tertiary/aromatic N) is 1. The Bertz CT molecular complexity index is 530. The van der Waals surface area contributed by atoms with Gasteiger partial charge in [-0.3, -0.25) is 0 Å². The summed E-state index contributed by atoms with van der Waals surface area (Å²) in [6.07, 6.45) is 0. The van der Waals surface area contributed by atoms with E-state index < -0.39 is 0 Å². The highest BCUT2D eigenvalue weighted by molar-refractivity contribution is 5.50. The van der Waals surface area contributed by atoms with Crippen LogP contribution in [-0.2, 0) is 4.79 Å². The highest BCUT2D eigenvalue weighted by atomic mass is 16.3. The maximum Gasteiger partial charge on any atom is 0.117 e. The van der Waals surface area contributed by atoms with E-state index in [0.29, 0.717) is 11.5 Å². The van der Waals surface area contributed by atoms with Gasteiger partial charge in [0.15, 0.2) is 0 Å². The quantitative estimate of drug-likeness (QED) is 0.896. The number of rotatable bonds is 3. The second-order valence-corrected chi connectivity index (χ2v) is 5.04. The zero-order valence-electron chi connectivity index (χ0n) is 14.4. The number of benzene rings is 2. The molecule has 0 fully saturated rings. The molecule has 2 rings (SSSR count). The number of aromatic hydroxyl groups is 2. The minimum absolute atomic E-state index is 0.333. The molecule has 23 heavy (non-hydrogen) atoms. The summed E-state index contributed by atoms with van der Waals surface area (Å²) < 4.78 is 0. The predicted molar refractivity (Wildman–Crippen MR) is 96.4 cm³/mol. The Hall–Kier alpha value is -2.49. The number of hydrogen-bond acceptors (Lipinski definition) is 4. The topological polar surface area (TPSA) is 60.8 Å². The molecule has 2 aromatic rings. The first-order valence-corrected chi connectivity index (χ1v) is 7.56. The fourth-order valence-electron chi connectivity index (χ4n) is 2.23. The average molecular weight is 317 g/mol. The Morgan fingerprint density at radius 3 is 1.78 bits per heavy atom. The van der Waals surface area contributed by atoms with Gasteiger partial charge in [0.05, 0.1) is 0 Å². The van der Waals surface area contributed by atoms with Gasteiger partial charge in [-0.2, -0.15) is 0 Å². The fourth-order valence-corrected chi connectivity index (χ4v) is 2.23. The number of hydrogen-bond donors (Lipinski definition) is 2. The van der Waals surface area contributed by atoms with Crippen LogP contribution < -0.4 is 4.90 Å². The standard InChI is InChI=1S/C10H15NO.C8H10O.CH2O/c1-3-11(4-2)9-6-5-7-10(12)8-9;1-6-3-7(2)5-8(9)4-6;1-2/h5-8,12H,3-4H2,1-2H3;3-5,9H,1-2H3;1H2. The van der Waals surface area contributed by atoms with E-state index in [1.54, 1.807) is 24.3 Å². The van der Waals surface area contributed by atoms with Crippen molar-refractivity contribution in [2.24, 2.45) is 0 Å². The van der Waals surface area contributed by atoms with E-state index in [1.807, 2.05) is 38.8 Å². The molecule has 2 N–H and O–H groups in total. The normalized spacial score (nSPS) is 9.04. The Morgan fingerprint density at radius 1 is 0.870 bits per heavy atom. The van der Waals surface area contributed by atoms with Crippen LogP contribution in [0.4, 0.5) is 5.69 Å². The van der Waals surface area contributed by atoms with Gasteiger partial charge in [0.2, 0.25) is 0 Å². The molecule has 0 spiro atoms. The number of phenols is 2. The molecule has 0 aliphatic heterocycles. The van der Waals surface area contributed by atoms with Gasteiger partial charge < -0.3 is 19.9 Å². The number of carbonyl (C=O) groups is 1. The largest absolute Gasteiger partial charge is 0.508 e. The van der Waals surface area contributed by atoms with Crippen molar-refractivity contribution in [3.8, 4) is 11.5 Å². The highest BCUT2D eigenvalue weighted by Gasteiger charge is 2.00.